The molecule has 1 aromatic heterocycles. The monoisotopic (exact) mass is 343 g/mol. The summed E-state index contributed by atoms with van der Waals surface area (Å²) >= 11 is 0. The number of hydrogen-bond acceptors (Lipinski definition) is 6. The highest BCUT2D eigenvalue weighted by molar-refractivity contribution is 5.95. The Bertz CT molecular complexity index is 693. The van der Waals surface area contributed by atoms with E-state index in [0.717, 1.165) is 12.8 Å². The van der Waals surface area contributed by atoms with Crippen LogP contribution >= 0.6 is 0 Å². The summed E-state index contributed by atoms with van der Waals surface area (Å²) in [5, 5.41) is 0. The van der Waals surface area contributed by atoms with Crippen LogP contribution in [0.15, 0.2) is 36.7 Å². The van der Waals surface area contributed by atoms with Crippen LogP contribution in [0.3, 0.4) is 0 Å². The molecule has 0 N–H and O–H groups in total. The number of piperidine rings is 1. The summed E-state index contributed by atoms with van der Waals surface area (Å²) < 4.78 is 16.2. The first-order chi connectivity index (χ1) is 12.2. The van der Waals surface area contributed by atoms with Crippen LogP contribution in [0.25, 0.3) is 0 Å². The molecule has 1 aromatic carbocycles. The number of nitrogens with zero attached hydrogens (tertiary/aromatic N) is 3. The first-order valence-electron chi connectivity index (χ1n) is 8.15. The summed E-state index contributed by atoms with van der Waals surface area (Å²) in [6, 6.07) is 7.33. The summed E-state index contributed by atoms with van der Waals surface area (Å²) in [5.41, 5.74) is 0.557. The van der Waals surface area contributed by atoms with Gasteiger partial charge in [0.2, 0.25) is 0 Å². The fourth-order valence-electron chi connectivity index (χ4n) is 2.79. The molecular weight excluding hydrogens is 322 g/mol. The molecule has 0 atom stereocenters. The van der Waals surface area contributed by atoms with Crippen molar-refractivity contribution >= 4 is 5.91 Å². The zero-order chi connectivity index (χ0) is 17.6. The number of benzene rings is 1. The number of amides is 1. The molecule has 3 rings (SSSR count). The smallest absolute Gasteiger partial charge is 0.316 e. The standard InChI is InChI=1S/C18H21N3O4/c1-23-15-10-13(11-16(12-15)24-2)17(22)21-8-4-14(5-9-21)25-18-19-6-3-7-20-18/h3,6-7,10-12,14H,4-5,8-9H2,1-2H3. The fraction of sp³-hybridized carbons (Fsp3) is 0.389. The molecule has 0 radical (unpaired) electrons. The molecule has 1 fully saturated rings. The average Bonchev–Trinajstić information content (AvgIpc) is 2.68. The van der Waals surface area contributed by atoms with E-state index in [1.807, 2.05) is 4.90 Å². The van der Waals surface area contributed by atoms with Crippen molar-refractivity contribution < 1.29 is 19.0 Å². The molecule has 0 unspecified atom stereocenters. The molecule has 1 saturated heterocycles. The van der Waals surface area contributed by atoms with Crippen molar-refractivity contribution in [1.29, 1.82) is 0 Å². The van der Waals surface area contributed by atoms with Crippen molar-refractivity contribution in [3.05, 3.63) is 42.2 Å². The predicted octanol–water partition coefficient (Wildman–Crippen LogP) is 2.18. The highest BCUT2D eigenvalue weighted by Crippen LogP contribution is 2.25. The Labute approximate surface area is 146 Å². The van der Waals surface area contributed by atoms with Crippen molar-refractivity contribution in [2.45, 2.75) is 18.9 Å². The topological polar surface area (TPSA) is 73.8 Å². The molecule has 0 aliphatic carbocycles. The van der Waals surface area contributed by atoms with E-state index in [4.69, 9.17) is 14.2 Å². The van der Waals surface area contributed by atoms with Crippen LogP contribution in [-0.2, 0) is 0 Å². The maximum absolute atomic E-state index is 12.8. The quantitative estimate of drug-likeness (QED) is 0.828. The van der Waals surface area contributed by atoms with E-state index in [0.29, 0.717) is 36.2 Å². The number of likely N-dealkylation sites (tertiary alicyclic amines) is 1. The van der Waals surface area contributed by atoms with Crippen molar-refractivity contribution in [2.24, 2.45) is 0 Å². The van der Waals surface area contributed by atoms with E-state index in [1.54, 1.807) is 50.9 Å². The summed E-state index contributed by atoms with van der Waals surface area (Å²) in [5.74, 6) is 1.16. The predicted molar refractivity (Wildman–Crippen MR) is 91.1 cm³/mol. The third kappa shape index (κ3) is 4.17. The second kappa shape index (κ2) is 7.83. The Morgan fingerprint density at radius 1 is 1.04 bits per heavy atom. The number of carbonyl (C=O) groups is 1. The Kier molecular flexibility index (Phi) is 5.33. The maximum atomic E-state index is 12.8. The lowest BCUT2D eigenvalue weighted by Crippen LogP contribution is -2.41. The average molecular weight is 343 g/mol. The van der Waals surface area contributed by atoms with E-state index in [9.17, 15) is 4.79 Å². The van der Waals surface area contributed by atoms with Crippen LogP contribution in [-0.4, -0.2) is 54.2 Å². The zero-order valence-electron chi connectivity index (χ0n) is 14.3. The highest BCUT2D eigenvalue weighted by atomic mass is 16.5. The van der Waals surface area contributed by atoms with Gasteiger partial charge in [0.05, 0.1) is 14.2 Å². The summed E-state index contributed by atoms with van der Waals surface area (Å²) in [6.07, 6.45) is 4.80. The van der Waals surface area contributed by atoms with E-state index >= 15 is 0 Å². The molecule has 0 spiro atoms. The molecule has 2 heterocycles. The first kappa shape index (κ1) is 17.0. The lowest BCUT2D eigenvalue weighted by molar-refractivity contribution is 0.0578. The molecule has 0 bridgehead atoms. The van der Waals surface area contributed by atoms with Gasteiger partial charge in [0.15, 0.2) is 0 Å². The van der Waals surface area contributed by atoms with Crippen molar-refractivity contribution in [3.8, 4) is 17.5 Å². The third-order valence-corrected chi connectivity index (χ3v) is 4.14. The van der Waals surface area contributed by atoms with Crippen molar-refractivity contribution in [1.82, 2.24) is 14.9 Å². The minimum absolute atomic E-state index is 0.0197. The highest BCUT2D eigenvalue weighted by Gasteiger charge is 2.25. The van der Waals surface area contributed by atoms with Crippen LogP contribution in [0.4, 0.5) is 0 Å². The Morgan fingerprint density at radius 3 is 2.20 bits per heavy atom. The van der Waals surface area contributed by atoms with Gasteiger partial charge in [-0.15, -0.1) is 0 Å². The number of ether oxygens (including phenoxy) is 3. The molecule has 1 aliphatic rings. The van der Waals surface area contributed by atoms with Gasteiger partial charge in [0.25, 0.3) is 5.91 Å². The molecule has 132 valence electrons. The Hall–Kier alpha value is -2.83. The molecule has 7 nitrogen and oxygen atoms in total. The van der Waals surface area contributed by atoms with Gasteiger partial charge in [0, 0.05) is 50.0 Å². The largest absolute Gasteiger partial charge is 0.497 e. The number of hydrogen-bond donors (Lipinski definition) is 0. The second-order valence-corrected chi connectivity index (χ2v) is 5.74. The lowest BCUT2D eigenvalue weighted by atomic mass is 10.1. The molecule has 2 aromatic rings. The summed E-state index contributed by atoms with van der Waals surface area (Å²) in [4.78, 5) is 22.7. The molecule has 25 heavy (non-hydrogen) atoms. The summed E-state index contributed by atoms with van der Waals surface area (Å²) in [7, 11) is 3.13. The van der Waals surface area contributed by atoms with E-state index in [1.165, 1.54) is 0 Å². The van der Waals surface area contributed by atoms with Gasteiger partial charge in [-0.2, -0.15) is 0 Å². The van der Waals surface area contributed by atoms with E-state index < -0.39 is 0 Å². The fourth-order valence-corrected chi connectivity index (χ4v) is 2.79. The third-order valence-electron chi connectivity index (χ3n) is 4.14. The van der Waals surface area contributed by atoms with E-state index in [-0.39, 0.29) is 12.0 Å². The van der Waals surface area contributed by atoms with Crippen molar-refractivity contribution in [3.63, 3.8) is 0 Å². The molecule has 7 heteroatoms. The molecule has 1 amide bonds. The number of carbonyl (C=O) groups excluding carboxylic acids is 1. The number of rotatable bonds is 5. The van der Waals surface area contributed by atoms with Crippen LogP contribution in [0, 0.1) is 0 Å². The SMILES string of the molecule is COc1cc(OC)cc(C(=O)N2CCC(Oc3ncccn3)CC2)c1. The van der Waals surface area contributed by atoms with Crippen LogP contribution in [0.1, 0.15) is 23.2 Å². The van der Waals surface area contributed by atoms with Crippen LogP contribution < -0.4 is 14.2 Å². The Morgan fingerprint density at radius 2 is 1.64 bits per heavy atom. The van der Waals surface area contributed by atoms with Gasteiger partial charge >= 0.3 is 6.01 Å². The molecule has 1 aliphatic heterocycles. The van der Waals surface area contributed by atoms with E-state index in [2.05, 4.69) is 9.97 Å². The maximum Gasteiger partial charge on any atom is 0.316 e. The van der Waals surface area contributed by atoms with Crippen LogP contribution in [0.5, 0.6) is 17.5 Å². The van der Waals surface area contributed by atoms with Gasteiger partial charge in [-0.3, -0.25) is 4.79 Å². The second-order valence-electron chi connectivity index (χ2n) is 5.74. The summed E-state index contributed by atoms with van der Waals surface area (Å²) in [6.45, 7) is 1.24. The van der Waals surface area contributed by atoms with Gasteiger partial charge in [-0.25, -0.2) is 9.97 Å². The normalized spacial score (nSPS) is 14.9. The van der Waals surface area contributed by atoms with Crippen molar-refractivity contribution in [2.75, 3.05) is 27.3 Å². The number of methoxy groups -OCH3 is 2. The zero-order valence-corrected chi connectivity index (χ0v) is 14.3. The minimum atomic E-state index is -0.0355. The minimum Gasteiger partial charge on any atom is -0.497 e. The van der Waals surface area contributed by atoms with Gasteiger partial charge in [0.1, 0.15) is 17.6 Å². The van der Waals surface area contributed by atoms with Gasteiger partial charge < -0.3 is 19.1 Å². The molecule has 0 saturated carbocycles. The first-order valence-corrected chi connectivity index (χ1v) is 8.15. The molecular formula is C18H21N3O4. The number of aromatic nitrogens is 2. The van der Waals surface area contributed by atoms with Gasteiger partial charge in [-0.05, 0) is 18.2 Å². The Balaban J connectivity index is 1.62. The lowest BCUT2D eigenvalue weighted by Gasteiger charge is -2.31. The van der Waals surface area contributed by atoms with Gasteiger partial charge in [-0.1, -0.05) is 0 Å². The van der Waals surface area contributed by atoms with Crippen LogP contribution in [0.2, 0.25) is 0 Å².